The zero-order chi connectivity index (χ0) is 13.8. The molecule has 3 nitrogen and oxygen atoms in total. The highest BCUT2D eigenvalue weighted by molar-refractivity contribution is 6.31. The molecule has 1 amide bonds. The molecule has 0 atom stereocenters. The molecule has 0 unspecified atom stereocenters. The van der Waals surface area contributed by atoms with Gasteiger partial charge in [-0.2, -0.15) is 0 Å². The van der Waals surface area contributed by atoms with Gasteiger partial charge in [0.05, 0.1) is 5.57 Å². The summed E-state index contributed by atoms with van der Waals surface area (Å²) in [5.74, 6) is 0.0119. The highest BCUT2D eigenvalue weighted by Crippen LogP contribution is 2.32. The molecule has 1 aromatic rings. The molecule has 0 saturated heterocycles. The third kappa shape index (κ3) is 2.98. The van der Waals surface area contributed by atoms with Crippen LogP contribution in [-0.4, -0.2) is 23.9 Å². The molecule has 0 aliphatic carbocycles. The SMILES string of the molecule is CCCN(/C=C1/C(=O)Nc2ccc(C)cc21)CCC. The van der Waals surface area contributed by atoms with Crippen LogP contribution in [0.25, 0.3) is 5.57 Å². The molecule has 1 heterocycles. The Morgan fingerprint density at radius 3 is 2.53 bits per heavy atom. The molecule has 0 bridgehead atoms. The van der Waals surface area contributed by atoms with Gasteiger partial charge in [-0.15, -0.1) is 0 Å². The third-order valence-electron chi connectivity index (χ3n) is 3.29. The van der Waals surface area contributed by atoms with Gasteiger partial charge in [0.1, 0.15) is 0 Å². The fraction of sp³-hybridized carbons (Fsp3) is 0.438. The van der Waals surface area contributed by atoms with Crippen LogP contribution < -0.4 is 5.32 Å². The number of amides is 1. The van der Waals surface area contributed by atoms with Gasteiger partial charge < -0.3 is 10.2 Å². The largest absolute Gasteiger partial charge is 0.377 e. The number of nitrogens with zero attached hydrogens (tertiary/aromatic N) is 1. The van der Waals surface area contributed by atoms with Crippen molar-refractivity contribution in [1.82, 2.24) is 4.90 Å². The molecule has 0 aromatic heterocycles. The first-order chi connectivity index (χ1) is 9.15. The Morgan fingerprint density at radius 1 is 1.21 bits per heavy atom. The fourth-order valence-corrected chi connectivity index (χ4v) is 2.43. The molecule has 0 radical (unpaired) electrons. The van der Waals surface area contributed by atoms with Crippen LogP contribution in [0.15, 0.2) is 24.4 Å². The number of anilines is 1. The lowest BCUT2D eigenvalue weighted by atomic mass is 10.1. The van der Waals surface area contributed by atoms with Crippen molar-refractivity contribution >= 4 is 17.2 Å². The monoisotopic (exact) mass is 258 g/mol. The van der Waals surface area contributed by atoms with Crippen LogP contribution in [0, 0.1) is 6.92 Å². The van der Waals surface area contributed by atoms with Gasteiger partial charge in [-0.1, -0.05) is 25.5 Å². The molecule has 1 N–H and O–H groups in total. The van der Waals surface area contributed by atoms with Gasteiger partial charge in [-0.05, 0) is 31.9 Å². The van der Waals surface area contributed by atoms with Crippen LogP contribution in [0.4, 0.5) is 5.69 Å². The molecular formula is C16H22N2O. The Bertz CT molecular complexity index is 499. The zero-order valence-electron chi connectivity index (χ0n) is 12.0. The summed E-state index contributed by atoms with van der Waals surface area (Å²) in [7, 11) is 0. The number of carbonyl (C=O) groups excluding carboxylic acids is 1. The van der Waals surface area contributed by atoms with Gasteiger partial charge in [-0.25, -0.2) is 0 Å². The summed E-state index contributed by atoms with van der Waals surface area (Å²) in [6.45, 7) is 8.36. The number of hydrogen-bond donors (Lipinski definition) is 1. The number of benzene rings is 1. The minimum atomic E-state index is 0.0119. The van der Waals surface area contributed by atoms with Crippen molar-refractivity contribution in [2.75, 3.05) is 18.4 Å². The number of nitrogens with one attached hydrogen (secondary N) is 1. The van der Waals surface area contributed by atoms with Gasteiger partial charge in [0.25, 0.3) is 5.91 Å². The van der Waals surface area contributed by atoms with Gasteiger partial charge >= 0.3 is 0 Å². The van der Waals surface area contributed by atoms with Crippen LogP contribution >= 0.6 is 0 Å². The third-order valence-corrected chi connectivity index (χ3v) is 3.29. The van der Waals surface area contributed by atoms with Crippen LogP contribution in [0.1, 0.15) is 37.8 Å². The maximum absolute atomic E-state index is 12.1. The lowest BCUT2D eigenvalue weighted by Crippen LogP contribution is -2.20. The Balaban J connectivity index is 2.33. The second-order valence-corrected chi connectivity index (χ2v) is 5.08. The molecule has 19 heavy (non-hydrogen) atoms. The second kappa shape index (κ2) is 5.91. The second-order valence-electron chi connectivity index (χ2n) is 5.08. The fourth-order valence-electron chi connectivity index (χ4n) is 2.43. The smallest absolute Gasteiger partial charge is 0.257 e. The first-order valence-electron chi connectivity index (χ1n) is 7.04. The highest BCUT2D eigenvalue weighted by Gasteiger charge is 2.24. The molecule has 0 spiro atoms. The van der Waals surface area contributed by atoms with Gasteiger partial charge in [0.2, 0.25) is 0 Å². The van der Waals surface area contributed by atoms with E-state index in [1.807, 2.05) is 18.3 Å². The summed E-state index contributed by atoms with van der Waals surface area (Å²) < 4.78 is 0. The van der Waals surface area contributed by atoms with E-state index in [1.54, 1.807) is 0 Å². The summed E-state index contributed by atoms with van der Waals surface area (Å²) in [5, 5.41) is 2.93. The molecule has 3 heteroatoms. The van der Waals surface area contributed by atoms with E-state index < -0.39 is 0 Å². The maximum Gasteiger partial charge on any atom is 0.257 e. The van der Waals surface area contributed by atoms with Crippen LogP contribution in [0.2, 0.25) is 0 Å². The van der Waals surface area contributed by atoms with Crippen molar-refractivity contribution in [2.24, 2.45) is 0 Å². The normalized spacial score (nSPS) is 15.5. The molecular weight excluding hydrogens is 236 g/mol. The Morgan fingerprint density at radius 2 is 1.89 bits per heavy atom. The minimum absolute atomic E-state index is 0.0119. The van der Waals surface area contributed by atoms with E-state index in [1.165, 1.54) is 5.56 Å². The van der Waals surface area contributed by atoms with Gasteiger partial charge in [-0.3, -0.25) is 4.79 Å². The summed E-state index contributed by atoms with van der Waals surface area (Å²) in [5.41, 5.74) is 3.93. The first-order valence-corrected chi connectivity index (χ1v) is 7.04. The van der Waals surface area contributed by atoms with Crippen LogP contribution in [0.3, 0.4) is 0 Å². The standard InChI is InChI=1S/C16H22N2O/c1-4-8-18(9-5-2)11-14-13-10-12(3)6-7-15(13)17-16(14)19/h6-7,10-11H,4-5,8-9H2,1-3H3,(H,17,19)/b14-11+. The molecule has 2 rings (SSSR count). The molecule has 0 saturated carbocycles. The van der Waals surface area contributed by atoms with E-state index in [-0.39, 0.29) is 5.91 Å². The van der Waals surface area contributed by atoms with Crippen LogP contribution in [0.5, 0.6) is 0 Å². The highest BCUT2D eigenvalue weighted by atomic mass is 16.2. The van der Waals surface area contributed by atoms with Crippen molar-refractivity contribution in [3.63, 3.8) is 0 Å². The summed E-state index contributed by atoms with van der Waals surface area (Å²) >= 11 is 0. The van der Waals surface area contributed by atoms with Crippen molar-refractivity contribution in [3.8, 4) is 0 Å². The first kappa shape index (κ1) is 13.7. The Hall–Kier alpha value is -1.77. The number of aryl methyl sites for hydroxylation is 1. The molecule has 1 aromatic carbocycles. The average Bonchev–Trinajstić information content (AvgIpc) is 2.67. The van der Waals surface area contributed by atoms with Gasteiger partial charge in [0, 0.05) is 30.5 Å². The number of fused-ring (bicyclic) bond motifs is 1. The van der Waals surface area contributed by atoms with Crippen molar-refractivity contribution in [2.45, 2.75) is 33.6 Å². The topological polar surface area (TPSA) is 32.3 Å². The minimum Gasteiger partial charge on any atom is -0.377 e. The Labute approximate surface area is 115 Å². The van der Waals surface area contributed by atoms with E-state index in [2.05, 4.69) is 37.1 Å². The van der Waals surface area contributed by atoms with Crippen molar-refractivity contribution in [3.05, 3.63) is 35.5 Å². The van der Waals surface area contributed by atoms with E-state index >= 15 is 0 Å². The summed E-state index contributed by atoms with van der Waals surface area (Å²) in [4.78, 5) is 14.3. The zero-order valence-corrected chi connectivity index (χ0v) is 12.0. The van der Waals surface area contributed by atoms with E-state index in [4.69, 9.17) is 0 Å². The predicted molar refractivity (Wildman–Crippen MR) is 79.9 cm³/mol. The lowest BCUT2D eigenvalue weighted by molar-refractivity contribution is -0.110. The summed E-state index contributed by atoms with van der Waals surface area (Å²) in [6.07, 6.45) is 4.20. The van der Waals surface area contributed by atoms with E-state index in [0.717, 1.165) is 42.8 Å². The lowest BCUT2D eigenvalue weighted by Gasteiger charge is -2.19. The number of hydrogen-bond acceptors (Lipinski definition) is 2. The number of rotatable bonds is 5. The van der Waals surface area contributed by atoms with E-state index in [0.29, 0.717) is 0 Å². The van der Waals surface area contributed by atoms with Crippen molar-refractivity contribution in [1.29, 1.82) is 0 Å². The van der Waals surface area contributed by atoms with Crippen molar-refractivity contribution < 1.29 is 4.79 Å². The average molecular weight is 258 g/mol. The molecule has 0 fully saturated rings. The Kier molecular flexibility index (Phi) is 4.25. The van der Waals surface area contributed by atoms with Gasteiger partial charge in [0.15, 0.2) is 0 Å². The van der Waals surface area contributed by atoms with E-state index in [9.17, 15) is 4.79 Å². The molecule has 102 valence electrons. The molecule has 1 aliphatic heterocycles. The predicted octanol–water partition coefficient (Wildman–Crippen LogP) is 3.41. The quantitative estimate of drug-likeness (QED) is 0.821. The molecule has 1 aliphatic rings. The van der Waals surface area contributed by atoms with Crippen LogP contribution in [-0.2, 0) is 4.79 Å². The summed E-state index contributed by atoms with van der Waals surface area (Å²) in [6, 6.07) is 6.08. The maximum atomic E-state index is 12.1. The number of carbonyl (C=O) groups is 1.